The molecular formula is C24H29BrN2O6S. The van der Waals surface area contributed by atoms with Crippen LogP contribution in [0.1, 0.15) is 28.7 Å². The van der Waals surface area contributed by atoms with E-state index in [0.717, 1.165) is 24.8 Å². The van der Waals surface area contributed by atoms with Gasteiger partial charge in [0, 0.05) is 18.7 Å². The second-order valence-electron chi connectivity index (χ2n) is 8.33. The average molecular weight is 553 g/mol. The summed E-state index contributed by atoms with van der Waals surface area (Å²) in [5, 5.41) is 0. The van der Waals surface area contributed by atoms with Gasteiger partial charge in [-0.05, 0) is 74.2 Å². The van der Waals surface area contributed by atoms with Crippen molar-refractivity contribution >= 4 is 43.5 Å². The molecule has 0 radical (unpaired) electrons. The fourth-order valence-corrected chi connectivity index (χ4v) is 6.58. The number of hydrogen-bond donors (Lipinski definition) is 0. The number of methoxy groups -OCH3 is 2. The summed E-state index contributed by atoms with van der Waals surface area (Å²) < 4.78 is 40.6. The summed E-state index contributed by atoms with van der Waals surface area (Å²) in [5.41, 5.74) is 3.22. The van der Waals surface area contributed by atoms with E-state index in [2.05, 4.69) is 15.9 Å². The molecule has 1 aliphatic heterocycles. The molecule has 8 nitrogen and oxygen atoms in total. The van der Waals surface area contributed by atoms with Crippen LogP contribution >= 0.6 is 15.9 Å². The van der Waals surface area contributed by atoms with Crippen LogP contribution in [0.4, 0.5) is 5.69 Å². The van der Waals surface area contributed by atoms with Crippen LogP contribution in [0, 0.1) is 27.7 Å². The molecule has 1 unspecified atom stereocenters. The molecule has 2 amide bonds. The van der Waals surface area contributed by atoms with Crippen molar-refractivity contribution in [3.63, 3.8) is 0 Å². The van der Waals surface area contributed by atoms with Crippen molar-refractivity contribution < 1.29 is 27.5 Å². The number of halogens is 1. The van der Waals surface area contributed by atoms with Gasteiger partial charge < -0.3 is 9.47 Å². The smallest absolute Gasteiger partial charge is 0.252 e. The minimum atomic E-state index is -4.21. The molecule has 2 aromatic rings. The van der Waals surface area contributed by atoms with Gasteiger partial charge in [-0.25, -0.2) is 13.3 Å². The molecule has 0 aromatic heterocycles. The summed E-state index contributed by atoms with van der Waals surface area (Å²) >= 11 is 3.34. The lowest BCUT2D eigenvalue weighted by Crippen LogP contribution is -2.49. The highest BCUT2D eigenvalue weighted by atomic mass is 79.9. The van der Waals surface area contributed by atoms with Crippen molar-refractivity contribution in [2.75, 3.05) is 25.7 Å². The summed E-state index contributed by atoms with van der Waals surface area (Å²) in [6.07, 6.45) is -1.21. The van der Waals surface area contributed by atoms with Gasteiger partial charge in [-0.15, -0.1) is 0 Å². The van der Waals surface area contributed by atoms with Crippen LogP contribution in [0.5, 0.6) is 0 Å². The van der Waals surface area contributed by atoms with Crippen LogP contribution in [0.3, 0.4) is 0 Å². The highest BCUT2D eigenvalue weighted by Crippen LogP contribution is 2.34. The molecule has 34 heavy (non-hydrogen) atoms. The van der Waals surface area contributed by atoms with E-state index in [4.69, 9.17) is 9.47 Å². The maximum atomic E-state index is 14.1. The Bertz CT molecular complexity index is 1180. The van der Waals surface area contributed by atoms with Gasteiger partial charge in [0.15, 0.2) is 6.29 Å². The van der Waals surface area contributed by atoms with Gasteiger partial charge >= 0.3 is 0 Å². The van der Waals surface area contributed by atoms with Crippen LogP contribution in [-0.2, 0) is 29.1 Å². The van der Waals surface area contributed by atoms with Crippen molar-refractivity contribution in [1.29, 1.82) is 0 Å². The molecule has 0 N–H and O–H groups in total. The van der Waals surface area contributed by atoms with Crippen molar-refractivity contribution in [3.8, 4) is 0 Å². The molecule has 1 saturated heterocycles. The Morgan fingerprint density at radius 3 is 2.06 bits per heavy atom. The Morgan fingerprint density at radius 1 is 1.03 bits per heavy atom. The Balaban J connectivity index is 2.13. The van der Waals surface area contributed by atoms with Gasteiger partial charge in [0.05, 0.1) is 23.5 Å². The van der Waals surface area contributed by atoms with Gasteiger partial charge in [0.25, 0.3) is 5.91 Å². The summed E-state index contributed by atoms with van der Waals surface area (Å²) in [6.45, 7) is 6.92. The second kappa shape index (κ2) is 10.2. The number of aryl methyl sites for hydroxylation is 2. The van der Waals surface area contributed by atoms with E-state index in [1.165, 1.54) is 14.2 Å². The van der Waals surface area contributed by atoms with Gasteiger partial charge in [-0.3, -0.25) is 9.59 Å². The van der Waals surface area contributed by atoms with E-state index in [9.17, 15) is 18.0 Å². The molecule has 0 saturated carbocycles. The third-order valence-corrected chi connectivity index (χ3v) is 8.95. The third kappa shape index (κ3) is 4.83. The zero-order chi connectivity index (χ0) is 25.4. The summed E-state index contributed by atoms with van der Waals surface area (Å²) in [7, 11) is -1.43. The molecule has 1 heterocycles. The van der Waals surface area contributed by atoms with Crippen LogP contribution in [-0.4, -0.2) is 57.6 Å². The number of ether oxygens (including phenoxy) is 2. The lowest BCUT2D eigenvalue weighted by atomic mass is 10.0. The molecule has 0 spiro atoms. The monoisotopic (exact) mass is 552 g/mol. The standard InChI is InChI=1S/C24H29BrN2O6S/c1-14-11-15(2)17(4)23(16(14)3)34(30,31)26(13-22(32-5)33-6)20-12-21(28)27(24(20)29)19-9-7-18(25)8-10-19/h7-11,20,22H,12-13H2,1-6H3. The molecule has 2 aromatic carbocycles. The normalized spacial score (nSPS) is 16.9. The predicted octanol–water partition coefficient (Wildman–Crippen LogP) is 3.62. The highest BCUT2D eigenvalue weighted by molar-refractivity contribution is 9.10. The van der Waals surface area contributed by atoms with Crippen molar-refractivity contribution in [2.24, 2.45) is 0 Å². The number of imide groups is 1. The summed E-state index contributed by atoms with van der Waals surface area (Å²) in [5.74, 6) is -1.08. The van der Waals surface area contributed by atoms with Crippen LogP contribution < -0.4 is 4.90 Å². The van der Waals surface area contributed by atoms with Crippen LogP contribution in [0.2, 0.25) is 0 Å². The number of amides is 2. The highest BCUT2D eigenvalue weighted by Gasteiger charge is 2.48. The minimum absolute atomic E-state index is 0.137. The quantitative estimate of drug-likeness (QED) is 0.366. The van der Waals surface area contributed by atoms with E-state index < -0.39 is 34.2 Å². The van der Waals surface area contributed by atoms with Crippen LogP contribution in [0.15, 0.2) is 39.7 Å². The molecule has 10 heteroatoms. The van der Waals surface area contributed by atoms with Gasteiger partial charge in [0.2, 0.25) is 15.9 Å². The average Bonchev–Trinajstić information content (AvgIpc) is 3.07. The first-order valence-corrected chi connectivity index (χ1v) is 12.9. The number of carbonyl (C=O) groups excluding carboxylic acids is 2. The molecule has 0 bridgehead atoms. The summed E-state index contributed by atoms with van der Waals surface area (Å²) in [6, 6.07) is 7.39. The number of sulfonamides is 1. The SMILES string of the molecule is COC(CN(C1CC(=O)N(c2ccc(Br)cc2)C1=O)S(=O)(=O)c1c(C)c(C)cc(C)c1C)OC. The predicted molar refractivity (Wildman–Crippen MR) is 132 cm³/mol. The first-order chi connectivity index (χ1) is 15.9. The van der Waals surface area contributed by atoms with Gasteiger partial charge in [-0.2, -0.15) is 4.31 Å². The fourth-order valence-electron chi connectivity index (χ4n) is 4.17. The number of carbonyl (C=O) groups is 2. The lowest BCUT2D eigenvalue weighted by Gasteiger charge is -2.31. The largest absolute Gasteiger partial charge is 0.354 e. The van der Waals surface area contributed by atoms with Gasteiger partial charge in [-0.1, -0.05) is 22.0 Å². The zero-order valence-electron chi connectivity index (χ0n) is 20.1. The number of hydrogen-bond acceptors (Lipinski definition) is 6. The fraction of sp³-hybridized carbons (Fsp3) is 0.417. The number of nitrogens with zero attached hydrogens (tertiary/aromatic N) is 2. The number of rotatable bonds is 8. The maximum absolute atomic E-state index is 14.1. The first-order valence-electron chi connectivity index (χ1n) is 10.7. The Morgan fingerprint density at radius 2 is 1.56 bits per heavy atom. The minimum Gasteiger partial charge on any atom is -0.354 e. The second-order valence-corrected chi connectivity index (χ2v) is 11.1. The molecular weight excluding hydrogens is 524 g/mol. The molecule has 1 atom stereocenters. The Kier molecular flexibility index (Phi) is 7.99. The van der Waals surface area contributed by atoms with E-state index in [-0.39, 0.29) is 17.9 Å². The van der Waals surface area contributed by atoms with Crippen LogP contribution in [0.25, 0.3) is 0 Å². The lowest BCUT2D eigenvalue weighted by molar-refractivity contribution is -0.125. The van der Waals surface area contributed by atoms with E-state index in [0.29, 0.717) is 16.8 Å². The maximum Gasteiger partial charge on any atom is 0.252 e. The Hall–Kier alpha value is -2.11. The molecule has 184 valence electrons. The molecule has 1 aliphatic rings. The van der Waals surface area contributed by atoms with Crippen molar-refractivity contribution in [2.45, 2.75) is 51.3 Å². The first kappa shape index (κ1) is 26.5. The third-order valence-electron chi connectivity index (χ3n) is 6.27. The number of benzene rings is 2. The van der Waals surface area contributed by atoms with Crippen molar-refractivity contribution in [3.05, 3.63) is 57.1 Å². The molecule has 0 aliphatic carbocycles. The topological polar surface area (TPSA) is 93.2 Å². The number of anilines is 1. The van der Waals surface area contributed by atoms with E-state index in [1.54, 1.807) is 38.1 Å². The Labute approximate surface area is 209 Å². The molecule has 3 rings (SSSR count). The van der Waals surface area contributed by atoms with E-state index in [1.807, 2.05) is 19.9 Å². The van der Waals surface area contributed by atoms with E-state index >= 15 is 0 Å². The van der Waals surface area contributed by atoms with Crippen molar-refractivity contribution in [1.82, 2.24) is 4.31 Å². The molecule has 1 fully saturated rings. The summed E-state index contributed by atoms with van der Waals surface area (Å²) in [4.78, 5) is 27.6. The van der Waals surface area contributed by atoms with Gasteiger partial charge in [0.1, 0.15) is 6.04 Å². The zero-order valence-corrected chi connectivity index (χ0v) is 22.5.